The molecule has 1 N–H and O–H groups in total. The number of nitrogens with zero attached hydrogens (tertiary/aromatic N) is 2. The summed E-state index contributed by atoms with van der Waals surface area (Å²) in [5.41, 5.74) is 1.66. The Balaban J connectivity index is 1.95. The molecule has 0 aliphatic carbocycles. The molecular formula is C16H14N2O3. The third-order valence-corrected chi connectivity index (χ3v) is 2.98. The lowest BCUT2D eigenvalue weighted by atomic mass is 10.2. The van der Waals surface area contributed by atoms with Gasteiger partial charge in [0.2, 0.25) is 5.89 Å². The van der Waals surface area contributed by atoms with Crippen molar-refractivity contribution in [3.63, 3.8) is 0 Å². The van der Waals surface area contributed by atoms with E-state index in [1.807, 2.05) is 19.1 Å². The van der Waals surface area contributed by atoms with E-state index in [9.17, 15) is 5.11 Å². The minimum atomic E-state index is 0.0986. The molecule has 5 heteroatoms. The molecule has 0 radical (unpaired) electrons. The van der Waals surface area contributed by atoms with E-state index in [4.69, 9.17) is 9.15 Å². The van der Waals surface area contributed by atoms with Crippen LogP contribution in [0.1, 0.15) is 6.92 Å². The van der Waals surface area contributed by atoms with Crippen molar-refractivity contribution in [2.45, 2.75) is 6.92 Å². The summed E-state index contributed by atoms with van der Waals surface area (Å²) in [7, 11) is 0. The summed E-state index contributed by atoms with van der Waals surface area (Å²) < 4.78 is 11.1. The van der Waals surface area contributed by atoms with Crippen molar-refractivity contribution < 1.29 is 14.3 Å². The van der Waals surface area contributed by atoms with E-state index < -0.39 is 0 Å². The van der Waals surface area contributed by atoms with Crippen molar-refractivity contribution in [2.75, 3.05) is 6.61 Å². The molecule has 3 rings (SSSR count). The van der Waals surface area contributed by atoms with Gasteiger partial charge in [0.15, 0.2) is 17.3 Å². The quantitative estimate of drug-likeness (QED) is 0.793. The first-order valence-electron chi connectivity index (χ1n) is 6.60. The van der Waals surface area contributed by atoms with Gasteiger partial charge in [-0.15, -0.1) is 0 Å². The van der Waals surface area contributed by atoms with Crippen molar-refractivity contribution in [3.05, 3.63) is 48.9 Å². The summed E-state index contributed by atoms with van der Waals surface area (Å²) in [6.07, 6.45) is 5.06. The average Bonchev–Trinajstić information content (AvgIpc) is 3.00. The lowest BCUT2D eigenvalue weighted by molar-refractivity contribution is 0.318. The van der Waals surface area contributed by atoms with E-state index in [1.165, 1.54) is 0 Å². The van der Waals surface area contributed by atoms with Crippen LogP contribution in [0.15, 0.2) is 53.3 Å². The van der Waals surface area contributed by atoms with Gasteiger partial charge in [-0.3, -0.25) is 4.98 Å². The number of hydrogen-bond donors (Lipinski definition) is 1. The van der Waals surface area contributed by atoms with Gasteiger partial charge in [-0.25, -0.2) is 4.98 Å². The minimum Gasteiger partial charge on any atom is -0.504 e. The van der Waals surface area contributed by atoms with Crippen molar-refractivity contribution in [2.24, 2.45) is 0 Å². The van der Waals surface area contributed by atoms with Crippen LogP contribution in [0.2, 0.25) is 0 Å². The Morgan fingerprint density at radius 3 is 2.71 bits per heavy atom. The van der Waals surface area contributed by atoms with E-state index in [-0.39, 0.29) is 5.75 Å². The van der Waals surface area contributed by atoms with Gasteiger partial charge in [-0.05, 0) is 37.3 Å². The Labute approximate surface area is 121 Å². The Bertz CT molecular complexity index is 738. The van der Waals surface area contributed by atoms with E-state index >= 15 is 0 Å². The maximum Gasteiger partial charge on any atom is 0.226 e. The highest BCUT2D eigenvalue weighted by Gasteiger charge is 2.11. The van der Waals surface area contributed by atoms with E-state index in [2.05, 4.69) is 9.97 Å². The van der Waals surface area contributed by atoms with Gasteiger partial charge in [-0.1, -0.05) is 0 Å². The molecule has 0 aliphatic rings. The standard InChI is InChI=1S/C16H14N2O3/c1-2-20-14-9-12(3-4-13(14)19)16-18-10-15(21-16)11-5-7-17-8-6-11/h3-10,19H,2H2,1H3. The monoisotopic (exact) mass is 282 g/mol. The molecule has 0 aliphatic heterocycles. The van der Waals surface area contributed by atoms with Gasteiger partial charge in [0.25, 0.3) is 0 Å². The van der Waals surface area contributed by atoms with Gasteiger partial charge in [-0.2, -0.15) is 0 Å². The molecule has 2 aromatic heterocycles. The van der Waals surface area contributed by atoms with Crippen LogP contribution in [0.3, 0.4) is 0 Å². The maximum absolute atomic E-state index is 9.71. The lowest BCUT2D eigenvalue weighted by Gasteiger charge is -2.06. The van der Waals surface area contributed by atoms with Gasteiger partial charge < -0.3 is 14.3 Å². The smallest absolute Gasteiger partial charge is 0.226 e. The Morgan fingerprint density at radius 2 is 1.95 bits per heavy atom. The highest BCUT2D eigenvalue weighted by Crippen LogP contribution is 2.32. The van der Waals surface area contributed by atoms with E-state index in [0.717, 1.165) is 11.1 Å². The second-order valence-corrected chi connectivity index (χ2v) is 4.38. The zero-order chi connectivity index (χ0) is 14.7. The van der Waals surface area contributed by atoms with Gasteiger partial charge in [0.1, 0.15) is 0 Å². The molecule has 5 nitrogen and oxygen atoms in total. The summed E-state index contributed by atoms with van der Waals surface area (Å²) in [6.45, 7) is 2.34. The van der Waals surface area contributed by atoms with Crippen LogP contribution in [0, 0.1) is 0 Å². The van der Waals surface area contributed by atoms with Crippen LogP contribution in [0.25, 0.3) is 22.8 Å². The molecule has 2 heterocycles. The number of hydrogen-bond acceptors (Lipinski definition) is 5. The zero-order valence-electron chi connectivity index (χ0n) is 11.5. The number of aromatic nitrogens is 2. The van der Waals surface area contributed by atoms with Crippen LogP contribution in [-0.4, -0.2) is 21.7 Å². The third-order valence-electron chi connectivity index (χ3n) is 2.98. The normalized spacial score (nSPS) is 10.5. The summed E-state index contributed by atoms with van der Waals surface area (Å²) in [6, 6.07) is 8.72. The first kappa shape index (κ1) is 13.2. The average molecular weight is 282 g/mol. The molecular weight excluding hydrogens is 268 g/mol. The topological polar surface area (TPSA) is 68.4 Å². The summed E-state index contributed by atoms with van der Waals surface area (Å²) in [5, 5.41) is 9.71. The van der Waals surface area contributed by atoms with Gasteiger partial charge in [0.05, 0.1) is 12.8 Å². The Morgan fingerprint density at radius 1 is 1.14 bits per heavy atom. The number of pyridine rings is 1. The minimum absolute atomic E-state index is 0.0986. The largest absolute Gasteiger partial charge is 0.504 e. The molecule has 1 aromatic carbocycles. The summed E-state index contributed by atoms with van der Waals surface area (Å²) in [4.78, 5) is 8.24. The molecule has 0 fully saturated rings. The fraction of sp³-hybridized carbons (Fsp3) is 0.125. The molecule has 0 saturated heterocycles. The van der Waals surface area contributed by atoms with Crippen molar-refractivity contribution in [3.8, 4) is 34.3 Å². The van der Waals surface area contributed by atoms with E-state index in [0.29, 0.717) is 24.0 Å². The Hall–Kier alpha value is -2.82. The summed E-state index contributed by atoms with van der Waals surface area (Å²) in [5.74, 6) is 1.65. The fourth-order valence-corrected chi connectivity index (χ4v) is 1.98. The van der Waals surface area contributed by atoms with Crippen molar-refractivity contribution in [1.82, 2.24) is 9.97 Å². The van der Waals surface area contributed by atoms with Gasteiger partial charge in [0, 0.05) is 23.5 Å². The molecule has 0 saturated carbocycles. The fourth-order valence-electron chi connectivity index (χ4n) is 1.98. The second-order valence-electron chi connectivity index (χ2n) is 4.38. The van der Waals surface area contributed by atoms with Gasteiger partial charge >= 0.3 is 0 Å². The van der Waals surface area contributed by atoms with Crippen LogP contribution < -0.4 is 4.74 Å². The molecule has 0 amide bonds. The molecule has 0 unspecified atom stereocenters. The predicted molar refractivity (Wildman–Crippen MR) is 78.0 cm³/mol. The SMILES string of the molecule is CCOc1cc(-c2ncc(-c3ccncc3)o2)ccc1O. The molecule has 0 atom stereocenters. The lowest BCUT2D eigenvalue weighted by Crippen LogP contribution is -1.92. The summed E-state index contributed by atoms with van der Waals surface area (Å²) >= 11 is 0. The van der Waals surface area contributed by atoms with Crippen LogP contribution in [0.5, 0.6) is 11.5 Å². The molecule has 21 heavy (non-hydrogen) atoms. The number of aromatic hydroxyl groups is 1. The van der Waals surface area contributed by atoms with Crippen molar-refractivity contribution in [1.29, 1.82) is 0 Å². The maximum atomic E-state index is 9.71. The van der Waals surface area contributed by atoms with Crippen LogP contribution >= 0.6 is 0 Å². The number of ether oxygens (including phenoxy) is 1. The highest BCUT2D eigenvalue weighted by atomic mass is 16.5. The third kappa shape index (κ3) is 2.72. The molecule has 0 spiro atoms. The first-order valence-corrected chi connectivity index (χ1v) is 6.60. The number of oxazole rings is 1. The van der Waals surface area contributed by atoms with Crippen molar-refractivity contribution >= 4 is 0 Å². The number of phenols is 1. The number of rotatable bonds is 4. The van der Waals surface area contributed by atoms with Crippen LogP contribution in [-0.2, 0) is 0 Å². The molecule has 0 bridgehead atoms. The number of benzene rings is 1. The molecule has 3 aromatic rings. The van der Waals surface area contributed by atoms with E-state index in [1.54, 1.807) is 36.8 Å². The van der Waals surface area contributed by atoms with Crippen LogP contribution in [0.4, 0.5) is 0 Å². The highest BCUT2D eigenvalue weighted by molar-refractivity contribution is 5.63. The zero-order valence-corrected chi connectivity index (χ0v) is 11.5. The first-order chi connectivity index (χ1) is 10.3. The second kappa shape index (κ2) is 5.66. The Kier molecular flexibility index (Phi) is 3.55. The predicted octanol–water partition coefficient (Wildman–Crippen LogP) is 3.51. The number of phenolic OH excluding ortho intramolecular Hbond substituents is 1. The molecule has 106 valence electrons.